The molecule has 2 unspecified atom stereocenters. The van der Waals surface area contributed by atoms with Crippen molar-refractivity contribution < 1.29 is 5.11 Å². The quantitative estimate of drug-likeness (QED) is 0.572. The minimum Gasteiger partial charge on any atom is -0.390 e. The summed E-state index contributed by atoms with van der Waals surface area (Å²) in [7, 11) is 0. The van der Waals surface area contributed by atoms with Crippen LogP contribution in [0, 0.1) is 12.3 Å². The summed E-state index contributed by atoms with van der Waals surface area (Å²) >= 11 is 0. The number of hydrogen-bond donors (Lipinski definition) is 2. The van der Waals surface area contributed by atoms with Gasteiger partial charge in [0.15, 0.2) is 0 Å². The van der Waals surface area contributed by atoms with E-state index in [4.69, 9.17) is 12.2 Å². The van der Waals surface area contributed by atoms with Gasteiger partial charge in [0.25, 0.3) is 0 Å². The maximum atomic E-state index is 9.82. The molecule has 1 aliphatic carbocycles. The minimum atomic E-state index is -0.550. The Hall–Kier alpha value is -0.520. The van der Waals surface area contributed by atoms with Crippen molar-refractivity contribution in [1.82, 2.24) is 0 Å². The molecule has 1 fully saturated rings. The Labute approximate surface area is 67.8 Å². The highest BCUT2D eigenvalue weighted by molar-refractivity contribution is 4.95. The summed E-state index contributed by atoms with van der Waals surface area (Å²) in [6, 6.07) is 0.178. The van der Waals surface area contributed by atoms with Crippen molar-refractivity contribution in [2.45, 2.75) is 43.7 Å². The predicted molar refractivity (Wildman–Crippen MR) is 44.8 cm³/mol. The number of nitrogens with two attached hydrogens (primary N) is 1. The molecule has 0 bridgehead atoms. The van der Waals surface area contributed by atoms with Crippen molar-refractivity contribution in [3.8, 4) is 12.3 Å². The average Bonchev–Trinajstić information content (AvgIpc) is 2.28. The molecule has 0 aliphatic heterocycles. The van der Waals surface area contributed by atoms with E-state index in [0.717, 1.165) is 12.8 Å². The molecule has 0 spiro atoms. The highest BCUT2D eigenvalue weighted by Gasteiger charge is 2.34. The molecule has 1 aliphatic rings. The molecule has 1 rings (SSSR count). The van der Waals surface area contributed by atoms with Crippen molar-refractivity contribution >= 4 is 0 Å². The van der Waals surface area contributed by atoms with Gasteiger partial charge in [0.05, 0.1) is 5.60 Å². The van der Waals surface area contributed by atoms with Crippen LogP contribution in [-0.2, 0) is 0 Å². The van der Waals surface area contributed by atoms with Gasteiger partial charge in [-0.15, -0.1) is 12.3 Å². The summed E-state index contributed by atoms with van der Waals surface area (Å²) in [5, 5.41) is 9.82. The van der Waals surface area contributed by atoms with Crippen LogP contribution in [0.1, 0.15) is 32.1 Å². The van der Waals surface area contributed by atoms with E-state index in [2.05, 4.69) is 5.92 Å². The standard InChI is InChI=1S/C9H15NO/c1-2-3-5-9(11)6-4-8(10)7-9/h1,8,11H,3-7,10H2. The number of rotatable bonds is 2. The van der Waals surface area contributed by atoms with Crippen molar-refractivity contribution in [3.05, 3.63) is 0 Å². The zero-order chi connectivity index (χ0) is 8.32. The number of terminal acetylenes is 1. The van der Waals surface area contributed by atoms with Gasteiger partial charge >= 0.3 is 0 Å². The van der Waals surface area contributed by atoms with E-state index in [9.17, 15) is 5.11 Å². The Balaban J connectivity index is 2.37. The Morgan fingerprint density at radius 3 is 2.91 bits per heavy atom. The topological polar surface area (TPSA) is 46.2 Å². The summed E-state index contributed by atoms with van der Waals surface area (Å²) < 4.78 is 0. The molecule has 0 aromatic heterocycles. The van der Waals surface area contributed by atoms with Crippen molar-refractivity contribution in [3.63, 3.8) is 0 Å². The molecule has 0 heterocycles. The van der Waals surface area contributed by atoms with Crippen molar-refractivity contribution in [2.75, 3.05) is 0 Å². The van der Waals surface area contributed by atoms with Gasteiger partial charge in [-0.2, -0.15) is 0 Å². The second-order valence-corrected chi connectivity index (χ2v) is 3.43. The van der Waals surface area contributed by atoms with E-state index in [1.54, 1.807) is 0 Å². The monoisotopic (exact) mass is 153 g/mol. The summed E-state index contributed by atoms with van der Waals surface area (Å²) in [5.74, 6) is 2.53. The molecule has 3 N–H and O–H groups in total. The number of aliphatic hydroxyl groups is 1. The Bertz CT molecular complexity index is 173. The molecule has 11 heavy (non-hydrogen) atoms. The van der Waals surface area contributed by atoms with E-state index in [1.807, 2.05) is 0 Å². The van der Waals surface area contributed by atoms with Gasteiger partial charge in [-0.25, -0.2) is 0 Å². The van der Waals surface area contributed by atoms with Crippen LogP contribution in [0.3, 0.4) is 0 Å². The summed E-state index contributed by atoms with van der Waals surface area (Å²) in [6.45, 7) is 0. The molecule has 0 amide bonds. The Kier molecular flexibility index (Phi) is 2.53. The fourth-order valence-electron chi connectivity index (χ4n) is 1.68. The SMILES string of the molecule is C#CCCC1(O)CCC(N)C1. The van der Waals surface area contributed by atoms with E-state index in [-0.39, 0.29) is 6.04 Å². The van der Waals surface area contributed by atoms with Gasteiger partial charge in [0.2, 0.25) is 0 Å². The molecule has 0 aromatic carbocycles. The van der Waals surface area contributed by atoms with Gasteiger partial charge in [-0.3, -0.25) is 0 Å². The first kappa shape index (κ1) is 8.58. The molecular weight excluding hydrogens is 138 g/mol. The molecule has 2 atom stereocenters. The Morgan fingerprint density at radius 2 is 2.45 bits per heavy atom. The smallest absolute Gasteiger partial charge is 0.0672 e. The summed E-state index contributed by atoms with van der Waals surface area (Å²) in [6.07, 6.45) is 8.93. The fourth-order valence-corrected chi connectivity index (χ4v) is 1.68. The molecule has 1 saturated carbocycles. The van der Waals surface area contributed by atoms with Crippen molar-refractivity contribution in [1.29, 1.82) is 0 Å². The molecule has 2 heteroatoms. The van der Waals surface area contributed by atoms with Gasteiger partial charge in [0, 0.05) is 12.5 Å². The van der Waals surface area contributed by atoms with Crippen LogP contribution in [0.5, 0.6) is 0 Å². The molecule has 0 radical (unpaired) electrons. The zero-order valence-electron chi connectivity index (χ0n) is 6.71. The summed E-state index contributed by atoms with van der Waals surface area (Å²) in [5.41, 5.74) is 5.12. The predicted octanol–water partition coefficient (Wildman–Crippen LogP) is 0.642. The average molecular weight is 153 g/mol. The maximum absolute atomic E-state index is 9.82. The lowest BCUT2D eigenvalue weighted by Gasteiger charge is -2.20. The number of hydrogen-bond acceptors (Lipinski definition) is 2. The van der Waals surface area contributed by atoms with Crippen LogP contribution >= 0.6 is 0 Å². The normalized spacial score (nSPS) is 37.0. The first-order chi connectivity index (χ1) is 5.16. The third-order valence-electron chi connectivity index (χ3n) is 2.36. The lowest BCUT2D eigenvalue weighted by atomic mass is 9.96. The highest BCUT2D eigenvalue weighted by Crippen LogP contribution is 2.32. The zero-order valence-corrected chi connectivity index (χ0v) is 6.71. The van der Waals surface area contributed by atoms with Crippen LogP contribution in [0.25, 0.3) is 0 Å². The summed E-state index contributed by atoms with van der Waals surface area (Å²) in [4.78, 5) is 0. The first-order valence-electron chi connectivity index (χ1n) is 4.08. The van der Waals surface area contributed by atoms with Gasteiger partial charge in [-0.1, -0.05) is 0 Å². The second-order valence-electron chi connectivity index (χ2n) is 3.43. The van der Waals surface area contributed by atoms with Crippen molar-refractivity contribution in [2.24, 2.45) is 5.73 Å². The van der Waals surface area contributed by atoms with Crippen LogP contribution in [0.2, 0.25) is 0 Å². The largest absolute Gasteiger partial charge is 0.390 e. The maximum Gasteiger partial charge on any atom is 0.0672 e. The molecular formula is C9H15NO. The van der Waals surface area contributed by atoms with Gasteiger partial charge in [-0.05, 0) is 25.7 Å². The van der Waals surface area contributed by atoms with Gasteiger partial charge < -0.3 is 10.8 Å². The third kappa shape index (κ3) is 2.21. The lowest BCUT2D eigenvalue weighted by Crippen LogP contribution is -2.27. The van der Waals surface area contributed by atoms with Crippen LogP contribution < -0.4 is 5.73 Å². The molecule has 62 valence electrons. The van der Waals surface area contributed by atoms with Crippen LogP contribution in [-0.4, -0.2) is 16.7 Å². The van der Waals surface area contributed by atoms with E-state index in [0.29, 0.717) is 19.3 Å². The molecule has 2 nitrogen and oxygen atoms in total. The first-order valence-corrected chi connectivity index (χ1v) is 4.08. The van der Waals surface area contributed by atoms with E-state index < -0.39 is 5.60 Å². The Morgan fingerprint density at radius 1 is 1.73 bits per heavy atom. The van der Waals surface area contributed by atoms with Crippen LogP contribution in [0.4, 0.5) is 0 Å². The van der Waals surface area contributed by atoms with E-state index in [1.165, 1.54) is 0 Å². The van der Waals surface area contributed by atoms with Gasteiger partial charge in [0.1, 0.15) is 0 Å². The highest BCUT2D eigenvalue weighted by atomic mass is 16.3. The second kappa shape index (κ2) is 3.25. The molecule has 0 saturated heterocycles. The molecule has 0 aromatic rings. The van der Waals surface area contributed by atoms with Crippen LogP contribution in [0.15, 0.2) is 0 Å². The third-order valence-corrected chi connectivity index (χ3v) is 2.36. The minimum absolute atomic E-state index is 0.178. The van der Waals surface area contributed by atoms with E-state index >= 15 is 0 Å². The fraction of sp³-hybridized carbons (Fsp3) is 0.778. The lowest BCUT2D eigenvalue weighted by molar-refractivity contribution is 0.0391.